The lowest BCUT2D eigenvalue weighted by Gasteiger charge is -2.35. The molecule has 170 valence electrons. The van der Waals surface area contributed by atoms with Gasteiger partial charge in [-0.05, 0) is 80.3 Å². The van der Waals surface area contributed by atoms with Crippen LogP contribution in [-0.4, -0.2) is 42.9 Å². The van der Waals surface area contributed by atoms with Crippen LogP contribution in [0.25, 0.3) is 0 Å². The molecule has 2 aliphatic rings. The number of hydrogen-bond acceptors (Lipinski definition) is 3. The van der Waals surface area contributed by atoms with Crippen molar-refractivity contribution < 1.29 is 9.59 Å². The van der Waals surface area contributed by atoms with Crippen molar-refractivity contribution in [3.05, 3.63) is 59.2 Å². The predicted octanol–water partition coefficient (Wildman–Crippen LogP) is 5.36. The summed E-state index contributed by atoms with van der Waals surface area (Å²) in [5.41, 5.74) is 4.21. The molecule has 5 heteroatoms. The summed E-state index contributed by atoms with van der Waals surface area (Å²) in [6, 6.07) is 13.5. The third-order valence-electron chi connectivity index (χ3n) is 6.88. The standard InChI is InChI=1S/C27H35N3O2/c1-3-21-7-9-22(10-8-21)26(31)28-23-11-12-25(29-17-13-20(2)14-18-29)24(19-23)27(32)30-15-5-4-6-16-30/h7-12,19-20H,3-6,13-18H2,1-2H3,(H,28,31). The molecule has 0 aromatic heterocycles. The van der Waals surface area contributed by atoms with Crippen molar-refractivity contribution in [1.82, 2.24) is 4.90 Å². The molecule has 32 heavy (non-hydrogen) atoms. The number of amides is 2. The van der Waals surface area contributed by atoms with Crippen LogP contribution in [0.5, 0.6) is 0 Å². The summed E-state index contributed by atoms with van der Waals surface area (Å²) in [5, 5.41) is 3.00. The summed E-state index contributed by atoms with van der Waals surface area (Å²) in [4.78, 5) is 30.6. The number of hydrogen-bond donors (Lipinski definition) is 1. The average Bonchev–Trinajstić information content (AvgIpc) is 2.84. The van der Waals surface area contributed by atoms with Crippen LogP contribution >= 0.6 is 0 Å². The van der Waals surface area contributed by atoms with E-state index in [0.717, 1.165) is 69.9 Å². The number of aryl methyl sites for hydroxylation is 1. The number of carbonyl (C=O) groups is 2. The predicted molar refractivity (Wildman–Crippen MR) is 131 cm³/mol. The second-order valence-corrected chi connectivity index (χ2v) is 9.26. The first kappa shape index (κ1) is 22.4. The molecule has 2 aliphatic heterocycles. The van der Waals surface area contributed by atoms with Crippen LogP contribution in [0.2, 0.25) is 0 Å². The molecule has 0 atom stereocenters. The number of nitrogens with one attached hydrogen (secondary N) is 1. The Labute approximate surface area is 191 Å². The summed E-state index contributed by atoms with van der Waals surface area (Å²) >= 11 is 0. The second-order valence-electron chi connectivity index (χ2n) is 9.26. The van der Waals surface area contributed by atoms with Gasteiger partial charge in [-0.15, -0.1) is 0 Å². The Morgan fingerprint density at radius 2 is 1.62 bits per heavy atom. The highest BCUT2D eigenvalue weighted by Gasteiger charge is 2.25. The van der Waals surface area contributed by atoms with E-state index < -0.39 is 0 Å². The Balaban J connectivity index is 1.59. The first-order valence-electron chi connectivity index (χ1n) is 12.1. The maximum Gasteiger partial charge on any atom is 0.256 e. The minimum absolute atomic E-state index is 0.0849. The van der Waals surface area contributed by atoms with Crippen LogP contribution < -0.4 is 10.2 Å². The molecule has 1 N–H and O–H groups in total. The van der Waals surface area contributed by atoms with Crippen molar-refractivity contribution in [1.29, 1.82) is 0 Å². The van der Waals surface area contributed by atoms with Gasteiger partial charge in [-0.2, -0.15) is 0 Å². The zero-order valence-electron chi connectivity index (χ0n) is 19.4. The van der Waals surface area contributed by atoms with Crippen molar-refractivity contribution in [2.75, 3.05) is 36.4 Å². The number of benzene rings is 2. The minimum Gasteiger partial charge on any atom is -0.371 e. The number of carbonyl (C=O) groups excluding carboxylic acids is 2. The third kappa shape index (κ3) is 5.14. The molecule has 2 saturated heterocycles. The lowest BCUT2D eigenvalue weighted by atomic mass is 9.97. The van der Waals surface area contributed by atoms with Gasteiger partial charge in [0.1, 0.15) is 0 Å². The van der Waals surface area contributed by atoms with Crippen LogP contribution in [0.15, 0.2) is 42.5 Å². The molecule has 0 spiro atoms. The SMILES string of the molecule is CCc1ccc(C(=O)Nc2ccc(N3CCC(C)CC3)c(C(=O)N3CCCCC3)c2)cc1. The van der Waals surface area contributed by atoms with E-state index in [0.29, 0.717) is 16.8 Å². The molecule has 2 amide bonds. The highest BCUT2D eigenvalue weighted by Crippen LogP contribution is 2.30. The van der Waals surface area contributed by atoms with E-state index in [2.05, 4.69) is 24.1 Å². The molecule has 2 heterocycles. The first-order chi connectivity index (χ1) is 15.5. The number of rotatable bonds is 5. The van der Waals surface area contributed by atoms with Crippen molar-refractivity contribution in [2.24, 2.45) is 5.92 Å². The lowest BCUT2D eigenvalue weighted by molar-refractivity contribution is 0.0724. The molecule has 2 aromatic carbocycles. The van der Waals surface area contributed by atoms with Gasteiger partial charge < -0.3 is 15.1 Å². The van der Waals surface area contributed by atoms with Gasteiger partial charge in [0.15, 0.2) is 0 Å². The van der Waals surface area contributed by atoms with E-state index in [1.165, 1.54) is 12.0 Å². The van der Waals surface area contributed by atoms with Crippen LogP contribution in [0.3, 0.4) is 0 Å². The van der Waals surface area contributed by atoms with E-state index >= 15 is 0 Å². The zero-order chi connectivity index (χ0) is 22.5. The fourth-order valence-electron chi connectivity index (χ4n) is 4.67. The first-order valence-corrected chi connectivity index (χ1v) is 12.1. The molecule has 0 aliphatic carbocycles. The minimum atomic E-state index is -0.149. The number of nitrogens with zero attached hydrogens (tertiary/aromatic N) is 2. The molecular weight excluding hydrogens is 398 g/mol. The Bertz CT molecular complexity index is 940. The largest absolute Gasteiger partial charge is 0.371 e. The number of likely N-dealkylation sites (tertiary alicyclic amines) is 1. The van der Waals surface area contributed by atoms with Crippen molar-refractivity contribution in [2.45, 2.75) is 52.4 Å². The highest BCUT2D eigenvalue weighted by molar-refractivity contribution is 6.06. The van der Waals surface area contributed by atoms with Crippen LogP contribution in [0, 0.1) is 5.92 Å². The smallest absolute Gasteiger partial charge is 0.256 e. The van der Waals surface area contributed by atoms with Gasteiger partial charge in [0.2, 0.25) is 0 Å². The normalized spacial score (nSPS) is 17.3. The summed E-state index contributed by atoms with van der Waals surface area (Å²) < 4.78 is 0. The Morgan fingerprint density at radius 1 is 0.938 bits per heavy atom. The van der Waals surface area contributed by atoms with Crippen LogP contribution in [0.4, 0.5) is 11.4 Å². The highest BCUT2D eigenvalue weighted by atomic mass is 16.2. The Morgan fingerprint density at radius 3 is 2.28 bits per heavy atom. The zero-order valence-corrected chi connectivity index (χ0v) is 19.4. The summed E-state index contributed by atoms with van der Waals surface area (Å²) in [7, 11) is 0. The van der Waals surface area contributed by atoms with Gasteiger partial charge in [-0.3, -0.25) is 9.59 Å². The summed E-state index contributed by atoms with van der Waals surface area (Å²) in [6.45, 7) is 7.96. The quantitative estimate of drug-likeness (QED) is 0.690. The van der Waals surface area contributed by atoms with Crippen molar-refractivity contribution in [3.8, 4) is 0 Å². The Hall–Kier alpha value is -2.82. The van der Waals surface area contributed by atoms with E-state index in [1.807, 2.05) is 47.4 Å². The fraction of sp³-hybridized carbons (Fsp3) is 0.481. The number of anilines is 2. The lowest BCUT2D eigenvalue weighted by Crippen LogP contribution is -2.38. The molecular formula is C27H35N3O2. The molecule has 5 nitrogen and oxygen atoms in total. The van der Waals surface area contributed by atoms with Gasteiger partial charge in [0.25, 0.3) is 11.8 Å². The van der Waals surface area contributed by atoms with Crippen molar-refractivity contribution in [3.63, 3.8) is 0 Å². The van der Waals surface area contributed by atoms with Crippen molar-refractivity contribution >= 4 is 23.2 Å². The maximum absolute atomic E-state index is 13.5. The third-order valence-corrected chi connectivity index (χ3v) is 6.88. The molecule has 0 bridgehead atoms. The summed E-state index contributed by atoms with van der Waals surface area (Å²) in [6.07, 6.45) is 6.54. The van der Waals surface area contributed by atoms with Crippen LogP contribution in [-0.2, 0) is 6.42 Å². The van der Waals surface area contributed by atoms with Gasteiger partial charge in [0.05, 0.1) is 5.56 Å². The Kier molecular flexibility index (Phi) is 7.13. The van der Waals surface area contributed by atoms with Gasteiger partial charge in [-0.1, -0.05) is 26.0 Å². The van der Waals surface area contributed by atoms with E-state index in [4.69, 9.17) is 0 Å². The molecule has 2 fully saturated rings. The summed E-state index contributed by atoms with van der Waals surface area (Å²) in [5.74, 6) is 0.662. The topological polar surface area (TPSA) is 52.7 Å². The molecule has 0 unspecified atom stereocenters. The van der Waals surface area contributed by atoms with Gasteiger partial charge in [-0.25, -0.2) is 0 Å². The van der Waals surface area contributed by atoms with Gasteiger partial charge in [0, 0.05) is 43.1 Å². The van der Waals surface area contributed by atoms with Crippen LogP contribution in [0.1, 0.15) is 72.2 Å². The second kappa shape index (κ2) is 10.2. The van der Waals surface area contributed by atoms with E-state index in [-0.39, 0.29) is 11.8 Å². The number of piperidine rings is 2. The monoisotopic (exact) mass is 433 g/mol. The molecule has 4 rings (SSSR count). The fourth-order valence-corrected chi connectivity index (χ4v) is 4.67. The molecule has 0 radical (unpaired) electrons. The van der Waals surface area contributed by atoms with E-state index in [9.17, 15) is 9.59 Å². The average molecular weight is 434 g/mol. The van der Waals surface area contributed by atoms with E-state index in [1.54, 1.807) is 0 Å². The maximum atomic E-state index is 13.5. The molecule has 0 saturated carbocycles. The van der Waals surface area contributed by atoms with Gasteiger partial charge >= 0.3 is 0 Å². The molecule has 2 aromatic rings.